The third-order valence-corrected chi connectivity index (χ3v) is 7.13. The molecule has 4 fully saturated rings. The number of nitrogens with one attached hydrogen (secondary N) is 3. The van der Waals surface area contributed by atoms with Gasteiger partial charge in [-0.25, -0.2) is 4.79 Å². The zero-order valence-electron chi connectivity index (χ0n) is 15.3. The van der Waals surface area contributed by atoms with E-state index in [1.54, 1.807) is 6.92 Å². The summed E-state index contributed by atoms with van der Waals surface area (Å²) in [5.41, 5.74) is -1.04. The number of carbonyl (C=O) groups excluding carboxylic acids is 3. The molecule has 3 saturated heterocycles. The first-order valence-electron chi connectivity index (χ1n) is 9.59. The number of likely N-dealkylation sites (tertiary alicyclic amines) is 1. The molecule has 0 bridgehead atoms. The molecule has 0 aromatic heterocycles. The van der Waals surface area contributed by atoms with E-state index in [9.17, 15) is 14.4 Å². The smallest absolute Gasteiger partial charge is 0.322 e. The van der Waals surface area contributed by atoms with Crippen LogP contribution in [0.25, 0.3) is 0 Å². The summed E-state index contributed by atoms with van der Waals surface area (Å²) in [6, 6.07) is -0.410. The number of piperidine rings is 1. The van der Waals surface area contributed by atoms with Crippen molar-refractivity contribution in [3.8, 4) is 0 Å². The van der Waals surface area contributed by atoms with Crippen LogP contribution >= 0.6 is 12.4 Å². The minimum atomic E-state index is -0.840. The second-order valence-corrected chi connectivity index (χ2v) is 8.41. The number of hydrogen-bond acceptors (Lipinski definition) is 4. The summed E-state index contributed by atoms with van der Waals surface area (Å²) in [5.74, 6) is 0.618. The molecule has 1 saturated carbocycles. The van der Waals surface area contributed by atoms with Crippen molar-refractivity contribution >= 4 is 30.3 Å². The van der Waals surface area contributed by atoms with Crippen molar-refractivity contribution in [1.82, 2.24) is 20.9 Å². The predicted molar refractivity (Wildman–Crippen MR) is 98.9 cm³/mol. The molecular weight excluding hydrogens is 356 g/mol. The van der Waals surface area contributed by atoms with E-state index in [1.807, 2.05) is 4.90 Å². The number of imide groups is 1. The third kappa shape index (κ3) is 2.89. The SMILES string of the molecule is CC1(C2CCN(C(=O)[C@@]34CCCC[C@H]3CNC4)CC2)NC(=O)NC1=O.Cl. The van der Waals surface area contributed by atoms with Crippen LogP contribution in [0.4, 0.5) is 4.79 Å². The molecule has 0 radical (unpaired) electrons. The van der Waals surface area contributed by atoms with Gasteiger partial charge in [-0.2, -0.15) is 0 Å². The Kier molecular flexibility index (Phi) is 5.23. The number of urea groups is 1. The molecule has 7 nitrogen and oxygen atoms in total. The first kappa shape index (κ1) is 19.4. The van der Waals surface area contributed by atoms with Crippen molar-refractivity contribution in [2.24, 2.45) is 17.3 Å². The topological polar surface area (TPSA) is 90.5 Å². The van der Waals surface area contributed by atoms with Crippen LogP contribution in [0.1, 0.15) is 45.4 Å². The van der Waals surface area contributed by atoms with E-state index in [0.717, 1.165) is 45.2 Å². The fraction of sp³-hybridized carbons (Fsp3) is 0.833. The highest BCUT2D eigenvalue weighted by atomic mass is 35.5. The van der Waals surface area contributed by atoms with E-state index >= 15 is 0 Å². The highest BCUT2D eigenvalue weighted by molar-refractivity contribution is 6.07. The zero-order valence-corrected chi connectivity index (χ0v) is 16.1. The van der Waals surface area contributed by atoms with Crippen LogP contribution in [0.15, 0.2) is 0 Å². The van der Waals surface area contributed by atoms with Crippen molar-refractivity contribution < 1.29 is 14.4 Å². The van der Waals surface area contributed by atoms with E-state index in [-0.39, 0.29) is 29.6 Å². The second kappa shape index (κ2) is 7.00. The van der Waals surface area contributed by atoms with Gasteiger partial charge in [-0.1, -0.05) is 12.8 Å². The van der Waals surface area contributed by atoms with E-state index in [1.165, 1.54) is 6.42 Å². The highest BCUT2D eigenvalue weighted by Gasteiger charge is 2.53. The van der Waals surface area contributed by atoms with E-state index in [2.05, 4.69) is 16.0 Å². The van der Waals surface area contributed by atoms with Crippen molar-refractivity contribution in [1.29, 1.82) is 0 Å². The number of fused-ring (bicyclic) bond motifs is 1. The van der Waals surface area contributed by atoms with Crippen LogP contribution < -0.4 is 16.0 Å². The summed E-state index contributed by atoms with van der Waals surface area (Å²) >= 11 is 0. The van der Waals surface area contributed by atoms with Crippen LogP contribution in [0.3, 0.4) is 0 Å². The molecule has 3 aliphatic heterocycles. The number of hydrogen-bond donors (Lipinski definition) is 3. The fourth-order valence-electron chi connectivity index (χ4n) is 5.49. The zero-order chi connectivity index (χ0) is 17.7. The minimum absolute atomic E-state index is 0. The highest BCUT2D eigenvalue weighted by Crippen LogP contribution is 2.45. The molecule has 0 aromatic rings. The molecule has 4 aliphatic rings. The van der Waals surface area contributed by atoms with Gasteiger partial charge in [-0.15, -0.1) is 12.4 Å². The lowest BCUT2D eigenvalue weighted by molar-refractivity contribution is -0.147. The van der Waals surface area contributed by atoms with Gasteiger partial charge in [0, 0.05) is 19.6 Å². The van der Waals surface area contributed by atoms with E-state index in [0.29, 0.717) is 24.9 Å². The molecular formula is C18H29ClN4O3. The van der Waals surface area contributed by atoms with Crippen LogP contribution in [-0.4, -0.2) is 54.5 Å². The van der Waals surface area contributed by atoms with E-state index in [4.69, 9.17) is 0 Å². The summed E-state index contributed by atoms with van der Waals surface area (Å²) in [6.07, 6.45) is 6.04. The lowest BCUT2D eigenvalue weighted by atomic mass is 9.67. The minimum Gasteiger partial charge on any atom is -0.342 e. The predicted octanol–water partition coefficient (Wildman–Crippen LogP) is 1.02. The molecule has 26 heavy (non-hydrogen) atoms. The Bertz CT molecular complexity index is 607. The molecule has 1 aliphatic carbocycles. The maximum atomic E-state index is 13.3. The Balaban J connectivity index is 0.00000196. The van der Waals surface area contributed by atoms with Gasteiger partial charge in [-0.05, 0) is 51.0 Å². The van der Waals surface area contributed by atoms with Gasteiger partial charge in [-0.3, -0.25) is 14.9 Å². The molecule has 4 rings (SSSR count). The average molecular weight is 385 g/mol. The molecule has 0 aromatic carbocycles. The Morgan fingerprint density at radius 3 is 2.50 bits per heavy atom. The molecule has 146 valence electrons. The van der Waals surface area contributed by atoms with Crippen molar-refractivity contribution in [2.75, 3.05) is 26.2 Å². The first-order valence-corrected chi connectivity index (χ1v) is 9.59. The average Bonchev–Trinajstić information content (AvgIpc) is 3.16. The fourth-order valence-corrected chi connectivity index (χ4v) is 5.49. The molecule has 3 atom stereocenters. The summed E-state index contributed by atoms with van der Waals surface area (Å²) in [6.45, 7) is 4.93. The molecule has 0 spiro atoms. The van der Waals surface area contributed by atoms with Crippen molar-refractivity contribution in [3.63, 3.8) is 0 Å². The van der Waals surface area contributed by atoms with Crippen LogP contribution in [0.5, 0.6) is 0 Å². The summed E-state index contributed by atoms with van der Waals surface area (Å²) < 4.78 is 0. The summed E-state index contributed by atoms with van der Waals surface area (Å²) in [5, 5.41) is 8.57. The van der Waals surface area contributed by atoms with Gasteiger partial charge in [0.25, 0.3) is 5.91 Å². The monoisotopic (exact) mass is 384 g/mol. The van der Waals surface area contributed by atoms with E-state index < -0.39 is 11.6 Å². The van der Waals surface area contributed by atoms with Gasteiger partial charge >= 0.3 is 6.03 Å². The lowest BCUT2D eigenvalue weighted by Gasteiger charge is -2.44. The molecule has 3 heterocycles. The number of carbonyl (C=O) groups is 3. The first-order chi connectivity index (χ1) is 12.0. The quantitative estimate of drug-likeness (QED) is 0.620. The van der Waals surface area contributed by atoms with Gasteiger partial charge in [0.2, 0.25) is 5.91 Å². The lowest BCUT2D eigenvalue weighted by Crippen LogP contribution is -2.56. The Morgan fingerprint density at radius 1 is 1.12 bits per heavy atom. The number of amides is 4. The summed E-state index contributed by atoms with van der Waals surface area (Å²) in [4.78, 5) is 39.0. The van der Waals surface area contributed by atoms with Gasteiger partial charge in [0.1, 0.15) is 5.54 Å². The standard InChI is InChI=1S/C18H28N4O3.ClH/c1-17(14(23)20-16(25)21-17)12-5-8-22(9-6-12)15(24)18-7-3-2-4-13(18)10-19-11-18;/h12-13,19H,2-11H2,1H3,(H2,20,21,23,25);1H/t13-,17?,18+;/m0./s1. The van der Waals surface area contributed by atoms with Gasteiger partial charge < -0.3 is 15.5 Å². The Labute approximate surface area is 160 Å². The number of rotatable bonds is 2. The van der Waals surface area contributed by atoms with Crippen LogP contribution in [-0.2, 0) is 9.59 Å². The van der Waals surface area contributed by atoms with Gasteiger partial charge in [0.15, 0.2) is 0 Å². The van der Waals surface area contributed by atoms with Crippen LogP contribution in [0.2, 0.25) is 0 Å². The van der Waals surface area contributed by atoms with Crippen molar-refractivity contribution in [2.45, 2.75) is 51.0 Å². The van der Waals surface area contributed by atoms with Crippen LogP contribution in [0, 0.1) is 17.3 Å². The number of nitrogens with zero attached hydrogens (tertiary/aromatic N) is 1. The Morgan fingerprint density at radius 2 is 1.85 bits per heavy atom. The largest absolute Gasteiger partial charge is 0.342 e. The van der Waals surface area contributed by atoms with Gasteiger partial charge in [0.05, 0.1) is 5.41 Å². The second-order valence-electron chi connectivity index (χ2n) is 8.41. The molecule has 4 amide bonds. The molecule has 8 heteroatoms. The Hall–Kier alpha value is -1.34. The van der Waals surface area contributed by atoms with Crippen molar-refractivity contribution in [3.05, 3.63) is 0 Å². The molecule has 3 N–H and O–H groups in total. The maximum absolute atomic E-state index is 13.3. The summed E-state index contributed by atoms with van der Waals surface area (Å²) in [7, 11) is 0. The maximum Gasteiger partial charge on any atom is 0.322 e. The third-order valence-electron chi connectivity index (χ3n) is 7.13. The number of halogens is 1. The normalized spacial score (nSPS) is 37.6. The molecule has 1 unspecified atom stereocenters.